The van der Waals surface area contributed by atoms with Crippen LogP contribution in [-0.4, -0.2) is 76.6 Å². The summed E-state index contributed by atoms with van der Waals surface area (Å²) >= 11 is 0. The summed E-state index contributed by atoms with van der Waals surface area (Å²) in [5, 5.41) is 4.36. The maximum atomic E-state index is 13.2. The lowest BCUT2D eigenvalue weighted by Crippen LogP contribution is -2.47. The number of carbonyl (C=O) groups excluding carboxylic acids is 2. The fraction of sp³-hybridized carbons (Fsp3) is 0.500. The number of hydrogen-bond acceptors (Lipinski definition) is 4. The standard InChI is InChI=1S/C22H29N5O2/c1-4-27-11-10-19(23-27)20(28)26-14-18-13-25(12-17-8-6-5-7-9-17)15-22(18,16-26)21(29)24(2)3/h5-11,18H,4,12-16H2,1-3H3/t18-,22-/m0/s1. The van der Waals surface area contributed by atoms with Crippen LogP contribution < -0.4 is 0 Å². The minimum absolute atomic E-state index is 0.0767. The average molecular weight is 396 g/mol. The number of amides is 2. The van der Waals surface area contributed by atoms with Crippen LogP contribution in [0, 0.1) is 11.3 Å². The van der Waals surface area contributed by atoms with Crippen molar-refractivity contribution < 1.29 is 9.59 Å². The monoisotopic (exact) mass is 395 g/mol. The predicted molar refractivity (Wildman–Crippen MR) is 110 cm³/mol. The normalized spacial score (nSPS) is 24.0. The molecule has 4 rings (SSSR count). The Labute approximate surface area is 171 Å². The highest BCUT2D eigenvalue weighted by Gasteiger charge is 2.58. The van der Waals surface area contributed by atoms with Crippen LogP contribution in [0.5, 0.6) is 0 Å². The molecule has 7 nitrogen and oxygen atoms in total. The van der Waals surface area contributed by atoms with Crippen molar-refractivity contribution in [2.45, 2.75) is 20.0 Å². The van der Waals surface area contributed by atoms with E-state index in [4.69, 9.17) is 0 Å². The smallest absolute Gasteiger partial charge is 0.274 e. The molecular weight excluding hydrogens is 366 g/mol. The number of hydrogen-bond donors (Lipinski definition) is 0. The Bertz CT molecular complexity index is 894. The zero-order valence-electron chi connectivity index (χ0n) is 17.4. The highest BCUT2D eigenvalue weighted by Crippen LogP contribution is 2.44. The Morgan fingerprint density at radius 2 is 1.90 bits per heavy atom. The van der Waals surface area contributed by atoms with E-state index >= 15 is 0 Å². The molecule has 1 aromatic heterocycles. The first-order chi connectivity index (χ1) is 13.9. The van der Waals surface area contributed by atoms with E-state index in [2.05, 4.69) is 22.1 Å². The molecule has 2 fully saturated rings. The van der Waals surface area contributed by atoms with Gasteiger partial charge in [0.2, 0.25) is 5.91 Å². The number of aryl methyl sites for hydroxylation is 1. The SMILES string of the molecule is CCn1ccc(C(=O)N2C[C@@H]3CN(Cc4ccccc4)C[C@]3(C(=O)N(C)C)C2)n1. The second kappa shape index (κ2) is 7.63. The van der Waals surface area contributed by atoms with Gasteiger partial charge in [-0.25, -0.2) is 0 Å². The van der Waals surface area contributed by atoms with Gasteiger partial charge in [0.1, 0.15) is 5.69 Å². The van der Waals surface area contributed by atoms with E-state index < -0.39 is 5.41 Å². The number of likely N-dealkylation sites (tertiary alicyclic amines) is 2. The third-order valence-corrected chi connectivity index (χ3v) is 6.23. The van der Waals surface area contributed by atoms with Crippen LogP contribution in [0.1, 0.15) is 23.0 Å². The molecule has 2 aliphatic heterocycles. The van der Waals surface area contributed by atoms with Crippen molar-refractivity contribution in [1.82, 2.24) is 24.5 Å². The number of aromatic nitrogens is 2. The van der Waals surface area contributed by atoms with E-state index in [9.17, 15) is 9.59 Å². The van der Waals surface area contributed by atoms with Gasteiger partial charge >= 0.3 is 0 Å². The Kier molecular flexibility index (Phi) is 5.17. The third kappa shape index (κ3) is 3.55. The first-order valence-electron chi connectivity index (χ1n) is 10.2. The highest BCUT2D eigenvalue weighted by atomic mass is 16.2. The molecule has 0 unspecified atom stereocenters. The van der Waals surface area contributed by atoms with E-state index in [0.717, 1.165) is 19.6 Å². The molecule has 2 saturated heterocycles. The second-order valence-electron chi connectivity index (χ2n) is 8.45. The van der Waals surface area contributed by atoms with Gasteiger partial charge < -0.3 is 9.80 Å². The lowest BCUT2D eigenvalue weighted by Gasteiger charge is -2.30. The fourth-order valence-corrected chi connectivity index (χ4v) is 4.85. The Balaban J connectivity index is 1.54. The lowest BCUT2D eigenvalue weighted by atomic mass is 9.80. The molecule has 154 valence electrons. The van der Waals surface area contributed by atoms with Crippen molar-refractivity contribution in [3.8, 4) is 0 Å². The van der Waals surface area contributed by atoms with Crippen LogP contribution >= 0.6 is 0 Å². The van der Waals surface area contributed by atoms with E-state index in [0.29, 0.717) is 25.3 Å². The van der Waals surface area contributed by atoms with Crippen molar-refractivity contribution in [1.29, 1.82) is 0 Å². The van der Waals surface area contributed by atoms with Crippen LogP contribution in [0.4, 0.5) is 0 Å². The van der Waals surface area contributed by atoms with Crippen molar-refractivity contribution >= 4 is 11.8 Å². The lowest BCUT2D eigenvalue weighted by molar-refractivity contribution is -0.139. The average Bonchev–Trinajstić information content (AvgIpc) is 3.40. The van der Waals surface area contributed by atoms with Crippen molar-refractivity contribution in [3.63, 3.8) is 0 Å². The van der Waals surface area contributed by atoms with Crippen LogP contribution in [-0.2, 0) is 17.9 Å². The fourth-order valence-electron chi connectivity index (χ4n) is 4.85. The molecule has 3 heterocycles. The van der Waals surface area contributed by atoms with Gasteiger partial charge in [-0.1, -0.05) is 30.3 Å². The molecule has 7 heteroatoms. The second-order valence-corrected chi connectivity index (χ2v) is 8.45. The number of nitrogens with zero attached hydrogens (tertiary/aromatic N) is 5. The van der Waals surface area contributed by atoms with E-state index in [1.807, 2.05) is 36.2 Å². The minimum Gasteiger partial charge on any atom is -0.348 e. The Morgan fingerprint density at radius 3 is 2.55 bits per heavy atom. The van der Waals surface area contributed by atoms with Gasteiger partial charge in [0, 0.05) is 65.5 Å². The van der Waals surface area contributed by atoms with E-state index in [1.54, 1.807) is 29.7 Å². The molecule has 0 saturated carbocycles. The third-order valence-electron chi connectivity index (χ3n) is 6.23. The van der Waals surface area contributed by atoms with Crippen molar-refractivity contribution in [3.05, 3.63) is 53.9 Å². The van der Waals surface area contributed by atoms with Crippen molar-refractivity contribution in [2.75, 3.05) is 40.3 Å². The summed E-state index contributed by atoms with van der Waals surface area (Å²) < 4.78 is 1.76. The zero-order chi connectivity index (χ0) is 20.6. The van der Waals surface area contributed by atoms with E-state index in [-0.39, 0.29) is 17.7 Å². The molecule has 29 heavy (non-hydrogen) atoms. The van der Waals surface area contributed by atoms with Crippen LogP contribution in [0.3, 0.4) is 0 Å². The maximum absolute atomic E-state index is 13.2. The molecule has 0 aliphatic carbocycles. The van der Waals surface area contributed by atoms with Gasteiger partial charge in [0.15, 0.2) is 0 Å². The molecule has 2 aromatic rings. The Hall–Kier alpha value is -2.67. The molecule has 2 amide bonds. The summed E-state index contributed by atoms with van der Waals surface area (Å²) in [5.41, 5.74) is 1.17. The van der Waals surface area contributed by atoms with Crippen LogP contribution in [0.15, 0.2) is 42.6 Å². The number of rotatable bonds is 5. The van der Waals surface area contributed by atoms with Gasteiger partial charge in [0.05, 0.1) is 5.41 Å². The van der Waals surface area contributed by atoms with Gasteiger partial charge in [-0.3, -0.25) is 19.2 Å². The molecule has 0 spiro atoms. The van der Waals surface area contributed by atoms with Gasteiger partial charge in [0.25, 0.3) is 5.91 Å². The van der Waals surface area contributed by atoms with E-state index in [1.165, 1.54) is 5.56 Å². The first-order valence-corrected chi connectivity index (χ1v) is 10.2. The van der Waals surface area contributed by atoms with Gasteiger partial charge in [-0.15, -0.1) is 0 Å². The predicted octanol–water partition coefficient (Wildman–Crippen LogP) is 1.57. The number of carbonyl (C=O) groups is 2. The number of fused-ring (bicyclic) bond motifs is 1. The molecule has 0 radical (unpaired) electrons. The Morgan fingerprint density at radius 1 is 1.14 bits per heavy atom. The summed E-state index contributed by atoms with van der Waals surface area (Å²) in [4.78, 5) is 32.1. The summed E-state index contributed by atoms with van der Waals surface area (Å²) in [6.45, 7) is 6.11. The molecular formula is C22H29N5O2. The molecule has 2 atom stereocenters. The minimum atomic E-state index is -0.540. The largest absolute Gasteiger partial charge is 0.348 e. The maximum Gasteiger partial charge on any atom is 0.274 e. The van der Waals surface area contributed by atoms with Gasteiger partial charge in [-0.2, -0.15) is 5.10 Å². The molecule has 2 aliphatic rings. The first kappa shape index (κ1) is 19.6. The summed E-state index contributed by atoms with van der Waals surface area (Å²) in [6.07, 6.45) is 1.83. The topological polar surface area (TPSA) is 61.7 Å². The molecule has 0 bridgehead atoms. The van der Waals surface area contributed by atoms with Crippen LogP contribution in [0.25, 0.3) is 0 Å². The molecule has 0 N–H and O–H groups in total. The molecule has 1 aromatic carbocycles. The summed E-state index contributed by atoms with van der Waals surface area (Å²) in [5.74, 6) is 0.179. The zero-order valence-corrected chi connectivity index (χ0v) is 17.4. The van der Waals surface area contributed by atoms with Crippen LogP contribution in [0.2, 0.25) is 0 Å². The number of benzene rings is 1. The summed E-state index contributed by atoms with van der Waals surface area (Å²) in [7, 11) is 3.61. The quantitative estimate of drug-likeness (QED) is 0.771. The summed E-state index contributed by atoms with van der Waals surface area (Å²) in [6, 6.07) is 12.1. The van der Waals surface area contributed by atoms with Gasteiger partial charge in [-0.05, 0) is 18.6 Å². The van der Waals surface area contributed by atoms with Crippen molar-refractivity contribution in [2.24, 2.45) is 11.3 Å². The highest BCUT2D eigenvalue weighted by molar-refractivity contribution is 5.94.